The molecule has 0 aromatic heterocycles. The predicted molar refractivity (Wildman–Crippen MR) is 195 cm³/mol. The third-order valence-corrected chi connectivity index (χ3v) is 9.50. The summed E-state index contributed by atoms with van der Waals surface area (Å²) in [7, 11) is 5.42. The Kier molecular flexibility index (Phi) is 17.3. The van der Waals surface area contributed by atoms with Crippen molar-refractivity contribution < 1.29 is 23.8 Å². The molecule has 2 fully saturated rings. The van der Waals surface area contributed by atoms with Crippen LogP contribution in [0.15, 0.2) is 48.5 Å². The Morgan fingerprint density at radius 2 is 1.43 bits per heavy atom. The number of aliphatic hydroxyl groups is 1. The van der Waals surface area contributed by atoms with Gasteiger partial charge in [0.25, 0.3) is 0 Å². The van der Waals surface area contributed by atoms with E-state index >= 15 is 0 Å². The van der Waals surface area contributed by atoms with Crippen LogP contribution in [0.4, 0.5) is 14.0 Å². The quantitative estimate of drug-likeness (QED) is 0.172. The Morgan fingerprint density at radius 3 is 2.04 bits per heavy atom. The number of carbonyl (C=O) groups is 2. The minimum atomic E-state index is -1.21. The lowest BCUT2D eigenvalue weighted by Crippen LogP contribution is -2.53. The molecule has 0 bridgehead atoms. The minimum absolute atomic E-state index is 0.00239. The van der Waals surface area contributed by atoms with Crippen LogP contribution >= 0.6 is 0 Å². The van der Waals surface area contributed by atoms with Crippen molar-refractivity contribution in [3.8, 4) is 11.1 Å². The summed E-state index contributed by atoms with van der Waals surface area (Å²) in [6, 6.07) is 14.4. The van der Waals surface area contributed by atoms with Crippen LogP contribution in [0, 0.1) is 11.7 Å². The molecule has 2 heterocycles. The van der Waals surface area contributed by atoms with Gasteiger partial charge in [-0.25, -0.2) is 14.0 Å². The number of hydrogen-bond donors (Lipinski definition) is 5. The summed E-state index contributed by atoms with van der Waals surface area (Å²) in [5.41, 5.74) is 0.689. The van der Waals surface area contributed by atoms with E-state index in [1.54, 1.807) is 19.2 Å². The van der Waals surface area contributed by atoms with Crippen LogP contribution in [-0.4, -0.2) is 106 Å². The number of likely N-dealkylation sites (N-methyl/N-ethyl adjacent to an activating group) is 2. The van der Waals surface area contributed by atoms with Crippen molar-refractivity contribution in [3.05, 3.63) is 59.9 Å². The van der Waals surface area contributed by atoms with E-state index in [-0.39, 0.29) is 35.9 Å². The van der Waals surface area contributed by atoms with Gasteiger partial charge in [0.15, 0.2) is 0 Å². The topological polar surface area (TPSA) is 118 Å². The van der Waals surface area contributed by atoms with Gasteiger partial charge in [-0.3, -0.25) is 0 Å². The van der Waals surface area contributed by atoms with E-state index in [0.29, 0.717) is 43.8 Å². The molecule has 0 saturated carbocycles. The number of hydrogen-bond acceptors (Lipinski definition) is 6. The summed E-state index contributed by atoms with van der Waals surface area (Å²) < 4.78 is 20.1. The van der Waals surface area contributed by atoms with Crippen molar-refractivity contribution in [2.75, 3.05) is 67.1 Å². The van der Waals surface area contributed by atoms with E-state index in [0.717, 1.165) is 63.7 Å². The van der Waals surface area contributed by atoms with Gasteiger partial charge in [0.2, 0.25) is 0 Å². The van der Waals surface area contributed by atoms with Crippen LogP contribution in [0.3, 0.4) is 0 Å². The third kappa shape index (κ3) is 12.2. The highest BCUT2D eigenvalue weighted by molar-refractivity contribution is 5.75. The van der Waals surface area contributed by atoms with E-state index in [1.807, 2.05) is 68.1 Å². The Morgan fingerprint density at radius 1 is 0.857 bits per heavy atom. The first kappa shape index (κ1) is 40.2. The lowest BCUT2D eigenvalue weighted by atomic mass is 9.72. The Bertz CT molecular complexity index is 1280. The molecule has 2 aromatic carbocycles. The van der Waals surface area contributed by atoms with Gasteiger partial charge in [-0.15, -0.1) is 0 Å². The van der Waals surface area contributed by atoms with Crippen LogP contribution in [0.1, 0.15) is 70.8 Å². The van der Waals surface area contributed by atoms with Gasteiger partial charge in [0.05, 0.1) is 5.60 Å². The monoisotopic (exact) mass is 684 g/mol. The predicted octanol–water partition coefficient (Wildman–Crippen LogP) is 5.32. The molecule has 0 radical (unpaired) electrons. The molecule has 0 spiro atoms. The summed E-state index contributed by atoms with van der Waals surface area (Å²) >= 11 is 0. The third-order valence-electron chi connectivity index (χ3n) is 9.50. The Labute approximate surface area is 293 Å². The number of likely N-dealkylation sites (tertiary alicyclic amines) is 2. The molecule has 2 aliphatic rings. The minimum Gasteiger partial charge on any atom is -0.385 e. The fourth-order valence-electron chi connectivity index (χ4n) is 6.94. The zero-order valence-corrected chi connectivity index (χ0v) is 30.4. The normalized spacial score (nSPS) is 18.8. The lowest BCUT2D eigenvalue weighted by molar-refractivity contribution is -0.0559. The second kappa shape index (κ2) is 21.1. The highest BCUT2D eigenvalue weighted by atomic mass is 19.1. The molecule has 0 aliphatic carbocycles. The Balaban J connectivity index is 0.000000388. The van der Waals surface area contributed by atoms with E-state index in [9.17, 15) is 19.1 Å². The zero-order chi connectivity index (χ0) is 35.6. The standard InChI is InChI=1S/C28H40FN3O3.C10H21N3O/c1-21(19-30-2)31-27(33)32-17-10-11-22(20-32)28(34,16-8-9-18-35-3)25-14-6-4-12-23(25)24-13-5-7-15-26(24)29;1-9(8-11-2)12-10(14)13-6-4-3-5-7-13/h4-7,12-15,21-22,30,34H,8-11,16-20H2,1-3H3,(H,31,33);9,11H,3-8H2,1-2H3,(H,12,14)/t21-,22+,28-;9-/m00/s1. The van der Waals surface area contributed by atoms with Crippen LogP contribution in [0.5, 0.6) is 0 Å². The lowest BCUT2D eigenvalue weighted by Gasteiger charge is -2.43. The van der Waals surface area contributed by atoms with Crippen molar-refractivity contribution in [2.24, 2.45) is 5.92 Å². The fourth-order valence-corrected chi connectivity index (χ4v) is 6.94. The first-order chi connectivity index (χ1) is 23.6. The molecule has 4 rings (SSSR count). The number of halogens is 1. The van der Waals surface area contributed by atoms with Crippen LogP contribution in [-0.2, 0) is 10.3 Å². The number of methoxy groups -OCH3 is 1. The van der Waals surface area contributed by atoms with Crippen molar-refractivity contribution >= 4 is 12.1 Å². The molecule has 0 unspecified atom stereocenters. The number of urea groups is 2. The summed E-state index contributed by atoms with van der Waals surface area (Å²) in [6.07, 6.45) is 7.25. The van der Waals surface area contributed by atoms with Gasteiger partial charge in [-0.2, -0.15) is 0 Å². The maximum Gasteiger partial charge on any atom is 0.317 e. The van der Waals surface area contributed by atoms with E-state index in [1.165, 1.54) is 12.5 Å². The molecule has 274 valence electrons. The summed E-state index contributed by atoms with van der Waals surface area (Å²) in [6.45, 7) is 9.03. The first-order valence-electron chi connectivity index (χ1n) is 18.1. The van der Waals surface area contributed by atoms with Crippen molar-refractivity contribution in [1.82, 2.24) is 31.1 Å². The van der Waals surface area contributed by atoms with Gasteiger partial charge < -0.3 is 40.9 Å². The number of carbonyl (C=O) groups excluding carboxylic acids is 2. The number of amides is 4. The largest absolute Gasteiger partial charge is 0.385 e. The molecule has 5 N–H and O–H groups in total. The van der Waals surface area contributed by atoms with Gasteiger partial charge >= 0.3 is 12.1 Å². The molecule has 4 atom stereocenters. The van der Waals surface area contributed by atoms with Crippen LogP contribution in [0.2, 0.25) is 0 Å². The van der Waals surface area contributed by atoms with Gasteiger partial charge in [0.1, 0.15) is 5.82 Å². The zero-order valence-electron chi connectivity index (χ0n) is 30.4. The molecule has 10 nitrogen and oxygen atoms in total. The summed E-state index contributed by atoms with van der Waals surface area (Å²) in [5, 5.41) is 24.5. The van der Waals surface area contributed by atoms with Crippen molar-refractivity contribution in [1.29, 1.82) is 0 Å². The highest BCUT2D eigenvalue weighted by Crippen LogP contribution is 2.44. The maximum absolute atomic E-state index is 14.8. The van der Waals surface area contributed by atoms with E-state index in [2.05, 4.69) is 21.3 Å². The number of benzene rings is 2. The highest BCUT2D eigenvalue weighted by Gasteiger charge is 2.42. The van der Waals surface area contributed by atoms with E-state index in [4.69, 9.17) is 4.74 Å². The second-order valence-electron chi connectivity index (χ2n) is 13.5. The average molecular weight is 685 g/mol. The maximum atomic E-state index is 14.8. The number of ether oxygens (including phenoxy) is 1. The summed E-state index contributed by atoms with van der Waals surface area (Å²) in [4.78, 5) is 28.4. The van der Waals surface area contributed by atoms with Gasteiger partial charge in [0, 0.05) is 76.6 Å². The number of piperidine rings is 2. The van der Waals surface area contributed by atoms with Crippen molar-refractivity contribution in [3.63, 3.8) is 0 Å². The van der Waals surface area contributed by atoms with Crippen molar-refractivity contribution in [2.45, 2.75) is 82.9 Å². The molecule has 2 saturated heterocycles. The molecule has 49 heavy (non-hydrogen) atoms. The van der Waals surface area contributed by atoms with Gasteiger partial charge in [-0.05, 0) is 96.5 Å². The van der Waals surface area contributed by atoms with Crippen LogP contribution in [0.25, 0.3) is 11.1 Å². The summed E-state index contributed by atoms with van der Waals surface area (Å²) in [5.74, 6) is -0.484. The van der Waals surface area contributed by atoms with E-state index < -0.39 is 5.60 Å². The number of nitrogens with one attached hydrogen (secondary N) is 4. The molecule has 2 aromatic rings. The molecule has 2 aliphatic heterocycles. The average Bonchev–Trinajstić information content (AvgIpc) is 3.11. The fraction of sp³-hybridized carbons (Fsp3) is 0.632. The molecular formula is C38H61FN6O4. The number of rotatable bonds is 14. The SMILES string of the molecule is CNC[C@H](C)NC(=O)N1CCCCC1.CNC[C@H](C)NC(=O)N1CCC[C@@H]([C@@](O)(CCCCOC)c2ccccc2-c2ccccc2F)C1. The smallest absolute Gasteiger partial charge is 0.317 e. The second-order valence-corrected chi connectivity index (χ2v) is 13.5. The van der Waals surface area contributed by atoms with Crippen LogP contribution < -0.4 is 21.3 Å². The first-order valence-corrected chi connectivity index (χ1v) is 18.1. The number of nitrogens with zero attached hydrogens (tertiary/aromatic N) is 2. The molecule has 11 heteroatoms. The Hall–Kier alpha value is -3.25. The molecule has 4 amide bonds. The molecular weight excluding hydrogens is 623 g/mol. The van der Waals surface area contributed by atoms with Gasteiger partial charge in [-0.1, -0.05) is 42.5 Å². The number of unbranched alkanes of at least 4 members (excludes halogenated alkanes) is 1.